The average molecular weight is 332 g/mol. The van der Waals surface area contributed by atoms with Crippen molar-refractivity contribution in [1.29, 1.82) is 0 Å². The van der Waals surface area contributed by atoms with Gasteiger partial charge in [-0.25, -0.2) is 0 Å². The summed E-state index contributed by atoms with van der Waals surface area (Å²) in [5, 5.41) is 9.44. The van der Waals surface area contributed by atoms with Gasteiger partial charge in [0.15, 0.2) is 0 Å². The molecule has 0 spiro atoms. The van der Waals surface area contributed by atoms with Gasteiger partial charge in [0.2, 0.25) is 0 Å². The quantitative estimate of drug-likeness (QED) is 0.837. The Balaban J connectivity index is 1.65. The number of rotatable bonds is 2. The van der Waals surface area contributed by atoms with Crippen LogP contribution in [0.5, 0.6) is 0 Å². The standard InChI is InChI=1S/C21H32O3/c1-20-9-6-17-19(16(20)4-3-13(20)7-10-22)18(24)12-14-11-15(23)5-8-21(14,17)2/h13-14,16-17,19,22H,3-12H2,1-2H3. The van der Waals surface area contributed by atoms with E-state index in [1.807, 2.05) is 0 Å². The van der Waals surface area contributed by atoms with Crippen molar-refractivity contribution < 1.29 is 14.7 Å². The topological polar surface area (TPSA) is 54.4 Å². The lowest BCUT2D eigenvalue weighted by Gasteiger charge is -2.59. The number of aliphatic hydroxyl groups excluding tert-OH is 1. The molecule has 0 bridgehead atoms. The number of fused-ring (bicyclic) bond motifs is 5. The Hall–Kier alpha value is -0.700. The highest BCUT2D eigenvalue weighted by Gasteiger charge is 2.62. The second-order valence-corrected chi connectivity index (χ2v) is 9.69. The summed E-state index contributed by atoms with van der Waals surface area (Å²) < 4.78 is 0. The van der Waals surface area contributed by atoms with Crippen molar-refractivity contribution in [3.8, 4) is 0 Å². The number of ketones is 2. The van der Waals surface area contributed by atoms with Crippen LogP contribution in [0.15, 0.2) is 0 Å². The molecule has 0 heterocycles. The third-order valence-corrected chi connectivity index (χ3v) is 8.96. The smallest absolute Gasteiger partial charge is 0.136 e. The number of carbonyl (C=O) groups excluding carboxylic acids is 2. The zero-order valence-corrected chi connectivity index (χ0v) is 15.2. The van der Waals surface area contributed by atoms with Crippen LogP contribution in [0.4, 0.5) is 0 Å². The van der Waals surface area contributed by atoms with E-state index in [0.29, 0.717) is 48.1 Å². The molecule has 4 saturated carbocycles. The van der Waals surface area contributed by atoms with Crippen LogP contribution in [-0.4, -0.2) is 23.3 Å². The fourth-order valence-electron chi connectivity index (χ4n) is 7.46. The van der Waals surface area contributed by atoms with Gasteiger partial charge in [-0.3, -0.25) is 9.59 Å². The summed E-state index contributed by atoms with van der Waals surface area (Å²) in [7, 11) is 0. The van der Waals surface area contributed by atoms with Crippen LogP contribution in [0.25, 0.3) is 0 Å². The fraction of sp³-hybridized carbons (Fsp3) is 0.905. The highest BCUT2D eigenvalue weighted by atomic mass is 16.3. The first-order valence-electron chi connectivity index (χ1n) is 10.1. The number of hydrogen-bond acceptors (Lipinski definition) is 3. The lowest BCUT2D eigenvalue weighted by atomic mass is 9.44. The lowest BCUT2D eigenvalue weighted by Crippen LogP contribution is -2.56. The Bertz CT molecular complexity index is 555. The molecule has 0 aliphatic heterocycles. The molecule has 7 unspecified atom stereocenters. The minimum Gasteiger partial charge on any atom is -0.396 e. The van der Waals surface area contributed by atoms with E-state index in [4.69, 9.17) is 0 Å². The SMILES string of the molecule is CC12CCC3C(C(=O)CC4CC(=O)CCC43C)C1CCC2CCO. The van der Waals surface area contributed by atoms with Crippen LogP contribution in [0.3, 0.4) is 0 Å². The molecule has 24 heavy (non-hydrogen) atoms. The highest BCUT2D eigenvalue weighted by molar-refractivity contribution is 5.86. The number of aliphatic hydroxyl groups is 1. The van der Waals surface area contributed by atoms with E-state index in [2.05, 4.69) is 13.8 Å². The molecule has 0 saturated heterocycles. The molecule has 4 aliphatic carbocycles. The first-order valence-corrected chi connectivity index (χ1v) is 10.1. The van der Waals surface area contributed by atoms with Crippen LogP contribution in [0.1, 0.15) is 71.6 Å². The normalized spacial score (nSPS) is 51.0. The first kappa shape index (κ1) is 16.8. The maximum absolute atomic E-state index is 13.1. The zero-order chi connectivity index (χ0) is 17.1. The van der Waals surface area contributed by atoms with E-state index < -0.39 is 0 Å². The van der Waals surface area contributed by atoms with Crippen molar-refractivity contribution in [2.75, 3.05) is 6.61 Å². The van der Waals surface area contributed by atoms with E-state index >= 15 is 0 Å². The van der Waals surface area contributed by atoms with Gasteiger partial charge in [0, 0.05) is 31.8 Å². The molecule has 4 aliphatic rings. The van der Waals surface area contributed by atoms with E-state index in [-0.39, 0.29) is 23.4 Å². The predicted molar refractivity (Wildman–Crippen MR) is 92.3 cm³/mol. The Morgan fingerprint density at radius 2 is 1.75 bits per heavy atom. The minimum absolute atomic E-state index is 0.197. The molecule has 1 N–H and O–H groups in total. The Labute approximate surface area is 145 Å². The second kappa shape index (κ2) is 5.65. The molecule has 3 heteroatoms. The number of carbonyl (C=O) groups is 2. The molecule has 3 nitrogen and oxygen atoms in total. The maximum Gasteiger partial charge on any atom is 0.136 e. The highest BCUT2D eigenvalue weighted by Crippen LogP contribution is 2.66. The van der Waals surface area contributed by atoms with Crippen LogP contribution in [0, 0.1) is 40.4 Å². The van der Waals surface area contributed by atoms with Gasteiger partial charge >= 0.3 is 0 Å². The summed E-state index contributed by atoms with van der Waals surface area (Å²) in [6, 6.07) is 0. The molecule has 4 fully saturated rings. The summed E-state index contributed by atoms with van der Waals surface area (Å²) in [4.78, 5) is 25.1. The van der Waals surface area contributed by atoms with Gasteiger partial charge in [-0.05, 0) is 73.0 Å². The van der Waals surface area contributed by atoms with Crippen molar-refractivity contribution in [2.24, 2.45) is 40.4 Å². The van der Waals surface area contributed by atoms with Gasteiger partial charge < -0.3 is 5.11 Å². The van der Waals surface area contributed by atoms with Crippen molar-refractivity contribution in [3.05, 3.63) is 0 Å². The molecule has 0 amide bonds. The van der Waals surface area contributed by atoms with E-state index in [9.17, 15) is 14.7 Å². The van der Waals surface area contributed by atoms with Crippen molar-refractivity contribution in [2.45, 2.75) is 71.6 Å². The van der Waals surface area contributed by atoms with E-state index in [1.54, 1.807) is 0 Å². The van der Waals surface area contributed by atoms with Gasteiger partial charge in [0.1, 0.15) is 11.6 Å². The summed E-state index contributed by atoms with van der Waals surface area (Å²) >= 11 is 0. The van der Waals surface area contributed by atoms with Gasteiger partial charge in [0.25, 0.3) is 0 Å². The van der Waals surface area contributed by atoms with E-state index in [0.717, 1.165) is 32.1 Å². The largest absolute Gasteiger partial charge is 0.396 e. The Kier molecular flexibility index (Phi) is 3.95. The second-order valence-electron chi connectivity index (χ2n) is 9.69. The lowest BCUT2D eigenvalue weighted by molar-refractivity contribution is -0.158. The molecule has 0 aromatic rings. The Morgan fingerprint density at radius 3 is 2.50 bits per heavy atom. The fourth-order valence-corrected chi connectivity index (χ4v) is 7.46. The van der Waals surface area contributed by atoms with Crippen LogP contribution < -0.4 is 0 Å². The monoisotopic (exact) mass is 332 g/mol. The molecule has 4 rings (SSSR count). The summed E-state index contributed by atoms with van der Waals surface area (Å²) in [5.41, 5.74) is 0.441. The first-order chi connectivity index (χ1) is 11.4. The molecule has 134 valence electrons. The predicted octanol–water partition coefficient (Wildman–Crippen LogP) is 3.78. The van der Waals surface area contributed by atoms with Crippen LogP contribution in [-0.2, 0) is 9.59 Å². The van der Waals surface area contributed by atoms with Gasteiger partial charge in [-0.2, -0.15) is 0 Å². The van der Waals surface area contributed by atoms with Gasteiger partial charge in [-0.15, -0.1) is 0 Å². The molecule has 7 atom stereocenters. The van der Waals surface area contributed by atoms with Crippen LogP contribution >= 0.6 is 0 Å². The zero-order valence-electron chi connectivity index (χ0n) is 15.2. The summed E-state index contributed by atoms with van der Waals surface area (Å²) in [6.07, 6.45) is 8.58. The molecule has 0 radical (unpaired) electrons. The average Bonchev–Trinajstić information content (AvgIpc) is 2.87. The number of hydrogen-bond donors (Lipinski definition) is 1. The van der Waals surface area contributed by atoms with E-state index in [1.165, 1.54) is 12.8 Å². The molecular weight excluding hydrogens is 300 g/mol. The molecular formula is C21H32O3. The van der Waals surface area contributed by atoms with Gasteiger partial charge in [-0.1, -0.05) is 13.8 Å². The maximum atomic E-state index is 13.1. The number of Topliss-reactive ketones (excluding diaryl/α,β-unsaturated/α-hetero) is 2. The third kappa shape index (κ3) is 2.19. The molecule has 0 aromatic carbocycles. The Morgan fingerprint density at radius 1 is 1.00 bits per heavy atom. The van der Waals surface area contributed by atoms with Crippen molar-refractivity contribution in [3.63, 3.8) is 0 Å². The van der Waals surface area contributed by atoms with Crippen molar-refractivity contribution in [1.82, 2.24) is 0 Å². The minimum atomic E-state index is 0.197. The van der Waals surface area contributed by atoms with Gasteiger partial charge in [0.05, 0.1) is 0 Å². The summed E-state index contributed by atoms with van der Waals surface area (Å²) in [5.74, 6) is 2.93. The molecule has 0 aromatic heterocycles. The third-order valence-electron chi connectivity index (χ3n) is 8.96. The van der Waals surface area contributed by atoms with Crippen molar-refractivity contribution >= 4 is 11.6 Å². The summed E-state index contributed by atoms with van der Waals surface area (Å²) in [6.45, 7) is 5.06. The van der Waals surface area contributed by atoms with Crippen LogP contribution in [0.2, 0.25) is 0 Å².